The van der Waals surface area contributed by atoms with Gasteiger partial charge in [0.15, 0.2) is 16.4 Å². The van der Waals surface area contributed by atoms with Gasteiger partial charge in [-0.3, -0.25) is 9.10 Å². The topological polar surface area (TPSA) is 84.9 Å². The number of carbonyl (C=O) groups is 1. The van der Waals surface area contributed by atoms with Crippen LogP contribution in [0.2, 0.25) is 0 Å². The van der Waals surface area contributed by atoms with Crippen molar-refractivity contribution in [1.82, 2.24) is 0 Å². The van der Waals surface area contributed by atoms with Crippen molar-refractivity contribution in [3.63, 3.8) is 0 Å². The molecule has 0 aromatic heterocycles. The zero-order valence-corrected chi connectivity index (χ0v) is 18.4. The van der Waals surface area contributed by atoms with E-state index in [0.717, 1.165) is 5.56 Å². The largest absolute Gasteiger partial charge is 0.493 e. The Morgan fingerprint density at radius 3 is 2.31 bits per heavy atom. The highest BCUT2D eigenvalue weighted by atomic mass is 32.2. The van der Waals surface area contributed by atoms with Crippen molar-refractivity contribution in [1.29, 1.82) is 0 Å². The minimum atomic E-state index is -4.10. The van der Waals surface area contributed by atoms with Crippen molar-refractivity contribution in [2.24, 2.45) is 0 Å². The summed E-state index contributed by atoms with van der Waals surface area (Å²) in [4.78, 5) is 12.8. The molecule has 8 heteroatoms. The average molecular weight is 451 g/mol. The molecule has 32 heavy (non-hydrogen) atoms. The minimum Gasteiger partial charge on any atom is -0.493 e. The lowest BCUT2D eigenvalue weighted by molar-refractivity contribution is 0.104. The molecule has 0 bridgehead atoms. The number of ketones is 1. The summed E-state index contributed by atoms with van der Waals surface area (Å²) in [6.45, 7) is 0.112. The second kappa shape index (κ2) is 8.76. The highest BCUT2D eigenvalue weighted by Crippen LogP contribution is 2.36. The Kier molecular flexibility index (Phi) is 5.87. The fourth-order valence-corrected chi connectivity index (χ4v) is 5.04. The van der Waals surface area contributed by atoms with Gasteiger partial charge in [0.05, 0.1) is 26.5 Å². The molecule has 0 saturated carbocycles. The number of methoxy groups -OCH3 is 2. The van der Waals surface area contributed by atoms with Crippen LogP contribution in [-0.4, -0.2) is 28.4 Å². The number of ether oxygens (including phenoxy) is 2. The third kappa shape index (κ3) is 3.92. The molecule has 0 atom stereocenters. The fourth-order valence-electron chi connectivity index (χ4n) is 3.52. The molecule has 1 heterocycles. The van der Waals surface area contributed by atoms with E-state index in [1.807, 2.05) is 30.3 Å². The number of hydrogen-bond acceptors (Lipinski definition) is 6. The molecule has 0 saturated heterocycles. The molecule has 0 amide bonds. The van der Waals surface area contributed by atoms with E-state index in [4.69, 9.17) is 9.47 Å². The second-order valence-corrected chi connectivity index (χ2v) is 8.90. The summed E-state index contributed by atoms with van der Waals surface area (Å²) in [5.41, 5.74) is 2.06. The first kappa shape index (κ1) is 21.5. The van der Waals surface area contributed by atoms with Crippen LogP contribution < -0.4 is 19.1 Å². The maximum atomic E-state index is 13.5. The number of para-hydroxylation sites is 1. The molecular weight excluding hydrogens is 428 g/mol. The van der Waals surface area contributed by atoms with Crippen molar-refractivity contribution >= 4 is 27.2 Å². The number of allylic oxidation sites excluding steroid dienone is 1. The third-order valence-electron chi connectivity index (χ3n) is 5.13. The van der Waals surface area contributed by atoms with E-state index in [9.17, 15) is 13.2 Å². The second-order valence-electron chi connectivity index (χ2n) is 7.07. The van der Waals surface area contributed by atoms with Gasteiger partial charge >= 0.3 is 0 Å². The van der Waals surface area contributed by atoms with Crippen LogP contribution in [0.3, 0.4) is 0 Å². The van der Waals surface area contributed by atoms with Gasteiger partial charge in [0.1, 0.15) is 0 Å². The van der Waals surface area contributed by atoms with Crippen molar-refractivity contribution in [2.45, 2.75) is 6.54 Å². The molecule has 0 spiro atoms. The van der Waals surface area contributed by atoms with E-state index in [0.29, 0.717) is 28.4 Å². The number of benzene rings is 3. The van der Waals surface area contributed by atoms with Crippen LogP contribution in [-0.2, 0) is 16.6 Å². The summed E-state index contributed by atoms with van der Waals surface area (Å²) < 4.78 is 38.7. The number of fused-ring (bicyclic) bond motifs is 1. The Morgan fingerprint density at radius 1 is 0.906 bits per heavy atom. The van der Waals surface area contributed by atoms with Crippen LogP contribution in [0.5, 0.6) is 11.5 Å². The molecule has 1 aliphatic rings. The van der Waals surface area contributed by atoms with Crippen LogP contribution in [0.25, 0.3) is 0 Å². The van der Waals surface area contributed by atoms with Crippen LogP contribution in [0.1, 0.15) is 15.9 Å². The standard InChI is InChI=1S/C24H22N2O5S/c1-30-21-13-12-18(14-22(21)31-2)25-15-23-24(27)19-10-6-7-11-20(19)26(32(23,28)29)16-17-8-4-3-5-9-17/h3-15,25H,16H2,1-2H3. The van der Waals surface area contributed by atoms with Crippen LogP contribution >= 0.6 is 0 Å². The van der Waals surface area contributed by atoms with Gasteiger partial charge in [-0.15, -0.1) is 0 Å². The van der Waals surface area contributed by atoms with Gasteiger partial charge in [0, 0.05) is 23.5 Å². The number of anilines is 2. The van der Waals surface area contributed by atoms with Gasteiger partial charge < -0.3 is 14.8 Å². The lowest BCUT2D eigenvalue weighted by Gasteiger charge is -2.31. The van der Waals surface area contributed by atoms with E-state index in [1.54, 1.807) is 42.5 Å². The molecule has 0 aliphatic carbocycles. The summed E-state index contributed by atoms with van der Waals surface area (Å²) in [7, 11) is -1.06. The Labute approximate surface area is 186 Å². The van der Waals surface area contributed by atoms with Gasteiger partial charge in [-0.1, -0.05) is 42.5 Å². The Morgan fingerprint density at radius 2 is 1.59 bits per heavy atom. The number of nitrogens with zero attached hydrogens (tertiary/aromatic N) is 1. The van der Waals surface area contributed by atoms with E-state index < -0.39 is 15.8 Å². The molecule has 0 fully saturated rings. The molecule has 7 nitrogen and oxygen atoms in total. The van der Waals surface area contributed by atoms with Crippen molar-refractivity contribution in [3.05, 3.63) is 95.0 Å². The number of sulfonamides is 1. The number of rotatable bonds is 6. The highest BCUT2D eigenvalue weighted by Gasteiger charge is 2.40. The van der Waals surface area contributed by atoms with Gasteiger partial charge in [0.2, 0.25) is 5.78 Å². The summed E-state index contributed by atoms with van der Waals surface area (Å²) in [6, 6.07) is 21.0. The fraction of sp³-hybridized carbons (Fsp3) is 0.125. The minimum absolute atomic E-state index is 0.112. The average Bonchev–Trinajstić information content (AvgIpc) is 2.82. The van der Waals surface area contributed by atoms with Gasteiger partial charge in [-0.05, 0) is 29.8 Å². The van der Waals surface area contributed by atoms with Gasteiger partial charge in [-0.25, -0.2) is 8.42 Å². The van der Waals surface area contributed by atoms with Crippen LogP contribution in [0.4, 0.5) is 11.4 Å². The molecule has 0 unspecified atom stereocenters. The van der Waals surface area contributed by atoms with Crippen LogP contribution in [0.15, 0.2) is 83.9 Å². The maximum Gasteiger partial charge on any atom is 0.270 e. The molecule has 164 valence electrons. The first-order valence-electron chi connectivity index (χ1n) is 9.85. The Balaban J connectivity index is 1.75. The lowest BCUT2D eigenvalue weighted by Crippen LogP contribution is -2.39. The molecule has 4 rings (SSSR count). The summed E-state index contributed by atoms with van der Waals surface area (Å²) in [6.07, 6.45) is 1.23. The lowest BCUT2D eigenvalue weighted by atomic mass is 10.1. The smallest absolute Gasteiger partial charge is 0.270 e. The first-order valence-corrected chi connectivity index (χ1v) is 11.3. The van der Waals surface area contributed by atoms with E-state index in [2.05, 4.69) is 5.32 Å². The predicted octanol–water partition coefficient (Wildman–Crippen LogP) is 4.19. The van der Waals surface area contributed by atoms with Crippen molar-refractivity contribution in [2.75, 3.05) is 23.8 Å². The van der Waals surface area contributed by atoms with Gasteiger partial charge in [-0.2, -0.15) is 0 Å². The highest BCUT2D eigenvalue weighted by molar-refractivity contribution is 7.97. The van der Waals surface area contributed by atoms with E-state index in [1.165, 1.54) is 24.7 Å². The number of nitrogens with one attached hydrogen (secondary N) is 1. The zero-order chi connectivity index (χ0) is 22.7. The third-order valence-corrected chi connectivity index (χ3v) is 6.90. The Hall–Kier alpha value is -3.78. The molecule has 0 radical (unpaired) electrons. The molecule has 3 aromatic rings. The van der Waals surface area contributed by atoms with E-state index >= 15 is 0 Å². The molecular formula is C24H22N2O5S. The van der Waals surface area contributed by atoms with Crippen molar-refractivity contribution < 1.29 is 22.7 Å². The van der Waals surface area contributed by atoms with Crippen LogP contribution in [0, 0.1) is 0 Å². The number of Topliss-reactive ketones (excluding diaryl/α,β-unsaturated/α-hetero) is 1. The summed E-state index contributed by atoms with van der Waals surface area (Å²) in [5, 5.41) is 2.92. The molecule has 1 N–H and O–H groups in total. The number of carbonyl (C=O) groups excluding carboxylic acids is 1. The van der Waals surface area contributed by atoms with Gasteiger partial charge in [0.25, 0.3) is 10.0 Å². The normalized spacial score (nSPS) is 15.9. The van der Waals surface area contributed by atoms with Crippen molar-refractivity contribution in [3.8, 4) is 11.5 Å². The number of hydrogen-bond donors (Lipinski definition) is 1. The summed E-state index contributed by atoms with van der Waals surface area (Å²) in [5.74, 6) is 0.456. The molecule has 1 aliphatic heterocycles. The predicted molar refractivity (Wildman–Crippen MR) is 124 cm³/mol. The quantitative estimate of drug-likeness (QED) is 0.567. The first-order chi connectivity index (χ1) is 15.5. The SMILES string of the molecule is COc1ccc(NC=C2C(=O)c3ccccc3N(Cc3ccccc3)S2(=O)=O)cc1OC. The molecule has 3 aromatic carbocycles. The van der Waals surface area contributed by atoms with E-state index in [-0.39, 0.29) is 11.4 Å². The Bertz CT molecular complexity index is 1290. The monoisotopic (exact) mass is 450 g/mol. The summed E-state index contributed by atoms with van der Waals surface area (Å²) >= 11 is 0. The maximum absolute atomic E-state index is 13.5. The zero-order valence-electron chi connectivity index (χ0n) is 17.6.